The number of alkyl halides is 3. The standard InChI is InChI=1S/C25H23F4N3O/c26-20-9-11-21(12-10-20)30-24(33)23(18-5-2-1-3-6-18)32-15-13-31(14-16-32)22-8-4-7-19(17-22)25(27,28)29/h1-12,17,23H,13-16H2,(H,30,33)/p+1/t23-/m0/s1. The lowest BCUT2D eigenvalue weighted by Crippen LogP contribution is -3.16. The fraction of sp³-hybridized carbons (Fsp3) is 0.240. The number of halogens is 4. The van der Waals surface area contributed by atoms with Gasteiger partial charge >= 0.3 is 6.18 Å². The summed E-state index contributed by atoms with van der Waals surface area (Å²) in [5.74, 6) is -0.598. The molecular weight excluding hydrogens is 434 g/mol. The Balaban J connectivity index is 1.50. The number of piperazine rings is 1. The third-order valence-electron chi connectivity index (χ3n) is 5.86. The van der Waals surface area contributed by atoms with Crippen molar-refractivity contribution < 1.29 is 27.3 Å². The third kappa shape index (κ3) is 5.51. The highest BCUT2D eigenvalue weighted by molar-refractivity contribution is 5.94. The molecule has 0 aliphatic carbocycles. The van der Waals surface area contributed by atoms with E-state index >= 15 is 0 Å². The molecule has 1 amide bonds. The molecule has 8 heteroatoms. The van der Waals surface area contributed by atoms with Crippen molar-refractivity contribution in [2.45, 2.75) is 12.2 Å². The predicted octanol–water partition coefficient (Wildman–Crippen LogP) is 3.93. The lowest BCUT2D eigenvalue weighted by atomic mass is 10.0. The number of nitrogens with zero attached hydrogens (tertiary/aromatic N) is 1. The van der Waals surface area contributed by atoms with Crippen molar-refractivity contribution in [3.8, 4) is 0 Å². The van der Waals surface area contributed by atoms with Gasteiger partial charge in [-0.2, -0.15) is 13.2 Å². The molecule has 3 aromatic carbocycles. The zero-order valence-electron chi connectivity index (χ0n) is 17.8. The summed E-state index contributed by atoms with van der Waals surface area (Å²) in [6, 6.07) is 19.8. The van der Waals surface area contributed by atoms with Crippen LogP contribution in [0.5, 0.6) is 0 Å². The average molecular weight is 458 g/mol. The Morgan fingerprint density at radius 2 is 1.58 bits per heavy atom. The number of rotatable bonds is 5. The molecule has 1 heterocycles. The molecule has 1 atom stereocenters. The van der Waals surface area contributed by atoms with Gasteiger partial charge in [-0.25, -0.2) is 4.39 Å². The highest BCUT2D eigenvalue weighted by Gasteiger charge is 2.35. The number of benzene rings is 3. The number of hydrogen-bond donors (Lipinski definition) is 2. The zero-order chi connectivity index (χ0) is 23.4. The average Bonchev–Trinajstić information content (AvgIpc) is 2.81. The van der Waals surface area contributed by atoms with Gasteiger partial charge in [-0.05, 0) is 42.5 Å². The van der Waals surface area contributed by atoms with Gasteiger partial charge in [0.15, 0.2) is 6.04 Å². The Bertz CT molecular complexity index is 1080. The van der Waals surface area contributed by atoms with Gasteiger partial charge in [0.05, 0.1) is 31.7 Å². The summed E-state index contributed by atoms with van der Waals surface area (Å²) in [4.78, 5) is 16.2. The van der Waals surface area contributed by atoms with Crippen LogP contribution in [-0.4, -0.2) is 32.1 Å². The Morgan fingerprint density at radius 1 is 0.909 bits per heavy atom. The summed E-state index contributed by atoms with van der Waals surface area (Å²) in [7, 11) is 0. The second-order valence-corrected chi connectivity index (χ2v) is 8.03. The minimum atomic E-state index is -4.39. The molecular formula is C25H24F4N3O+. The molecule has 0 bridgehead atoms. The number of nitrogens with one attached hydrogen (secondary N) is 2. The molecule has 0 aromatic heterocycles. The normalized spacial score (nSPS) is 15.8. The quantitative estimate of drug-likeness (QED) is 0.569. The van der Waals surface area contributed by atoms with Gasteiger partial charge in [0.25, 0.3) is 5.91 Å². The van der Waals surface area contributed by atoms with E-state index in [1.54, 1.807) is 6.07 Å². The van der Waals surface area contributed by atoms with E-state index in [2.05, 4.69) is 5.32 Å². The predicted molar refractivity (Wildman–Crippen MR) is 119 cm³/mol. The topological polar surface area (TPSA) is 36.8 Å². The number of quaternary nitrogens is 1. The van der Waals surface area contributed by atoms with Crippen LogP contribution in [0.1, 0.15) is 17.2 Å². The first-order valence-electron chi connectivity index (χ1n) is 10.7. The van der Waals surface area contributed by atoms with Crippen LogP contribution in [0.3, 0.4) is 0 Å². The lowest BCUT2D eigenvalue weighted by Gasteiger charge is -2.37. The van der Waals surface area contributed by atoms with E-state index in [4.69, 9.17) is 0 Å². The van der Waals surface area contributed by atoms with Crippen LogP contribution in [0.2, 0.25) is 0 Å². The Labute approximate surface area is 189 Å². The minimum Gasteiger partial charge on any atom is -0.360 e. The van der Waals surface area contributed by atoms with Gasteiger partial charge in [0.1, 0.15) is 5.82 Å². The summed E-state index contributed by atoms with van der Waals surface area (Å²) >= 11 is 0. The van der Waals surface area contributed by atoms with Gasteiger partial charge in [-0.15, -0.1) is 0 Å². The number of amides is 1. The highest BCUT2D eigenvalue weighted by atomic mass is 19.4. The maximum Gasteiger partial charge on any atom is 0.416 e. The Hall–Kier alpha value is -3.39. The minimum absolute atomic E-state index is 0.213. The van der Waals surface area contributed by atoms with Crippen LogP contribution in [0.25, 0.3) is 0 Å². The largest absolute Gasteiger partial charge is 0.416 e. The van der Waals surface area contributed by atoms with Gasteiger partial charge in [0, 0.05) is 16.9 Å². The van der Waals surface area contributed by atoms with Crippen LogP contribution in [0, 0.1) is 5.82 Å². The zero-order valence-corrected chi connectivity index (χ0v) is 17.8. The Morgan fingerprint density at radius 3 is 2.21 bits per heavy atom. The van der Waals surface area contributed by atoms with Crippen LogP contribution in [-0.2, 0) is 11.0 Å². The van der Waals surface area contributed by atoms with E-state index in [0.717, 1.165) is 16.5 Å². The second kappa shape index (κ2) is 9.62. The molecule has 1 aliphatic heterocycles. The van der Waals surface area contributed by atoms with Crippen LogP contribution < -0.4 is 15.1 Å². The van der Waals surface area contributed by atoms with Gasteiger partial charge in [-0.3, -0.25) is 4.79 Å². The number of anilines is 2. The van der Waals surface area contributed by atoms with Crippen molar-refractivity contribution in [2.24, 2.45) is 0 Å². The molecule has 0 radical (unpaired) electrons. The Kier molecular flexibility index (Phi) is 6.65. The first kappa shape index (κ1) is 22.8. The summed E-state index contributed by atoms with van der Waals surface area (Å²) in [6.45, 7) is 2.19. The van der Waals surface area contributed by atoms with Crippen molar-refractivity contribution >= 4 is 17.3 Å². The number of carbonyl (C=O) groups excluding carboxylic acids is 1. The number of carbonyl (C=O) groups is 1. The van der Waals surface area contributed by atoms with Crippen LogP contribution in [0.4, 0.5) is 28.9 Å². The number of hydrogen-bond acceptors (Lipinski definition) is 2. The molecule has 3 aromatic rings. The fourth-order valence-corrected chi connectivity index (χ4v) is 4.19. The van der Waals surface area contributed by atoms with Gasteiger partial charge in [0.2, 0.25) is 0 Å². The lowest BCUT2D eigenvalue weighted by molar-refractivity contribution is -0.922. The molecule has 4 nitrogen and oxygen atoms in total. The van der Waals surface area contributed by atoms with E-state index in [1.165, 1.54) is 36.4 Å². The SMILES string of the molecule is O=C(Nc1ccc(F)cc1)[C@H](c1ccccc1)[NH+]1CCN(c2cccc(C(F)(F)F)c2)CC1. The van der Waals surface area contributed by atoms with Crippen molar-refractivity contribution in [2.75, 3.05) is 36.4 Å². The molecule has 0 unspecified atom stereocenters. The smallest absolute Gasteiger partial charge is 0.360 e. The first-order chi connectivity index (χ1) is 15.8. The van der Waals surface area contributed by atoms with E-state index in [-0.39, 0.29) is 11.7 Å². The monoisotopic (exact) mass is 458 g/mol. The van der Waals surface area contributed by atoms with Crippen LogP contribution >= 0.6 is 0 Å². The molecule has 4 rings (SSSR count). The first-order valence-corrected chi connectivity index (χ1v) is 10.7. The fourth-order valence-electron chi connectivity index (χ4n) is 4.19. The molecule has 172 valence electrons. The summed E-state index contributed by atoms with van der Waals surface area (Å²) < 4.78 is 52.5. The van der Waals surface area contributed by atoms with Crippen molar-refractivity contribution in [1.82, 2.24) is 0 Å². The third-order valence-corrected chi connectivity index (χ3v) is 5.86. The molecule has 1 aliphatic rings. The van der Waals surface area contributed by atoms with Gasteiger partial charge in [-0.1, -0.05) is 36.4 Å². The summed E-state index contributed by atoms with van der Waals surface area (Å²) in [5.41, 5.74) is 1.20. The molecule has 33 heavy (non-hydrogen) atoms. The molecule has 0 saturated carbocycles. The highest BCUT2D eigenvalue weighted by Crippen LogP contribution is 2.31. The van der Waals surface area contributed by atoms with E-state index in [9.17, 15) is 22.4 Å². The van der Waals surface area contributed by atoms with Gasteiger partial charge < -0.3 is 15.1 Å². The van der Waals surface area contributed by atoms with Crippen molar-refractivity contribution in [1.29, 1.82) is 0 Å². The van der Waals surface area contributed by atoms with Crippen molar-refractivity contribution in [3.05, 3.63) is 95.8 Å². The maximum atomic E-state index is 13.2. The molecule has 1 fully saturated rings. The molecule has 0 spiro atoms. The van der Waals surface area contributed by atoms with Crippen LogP contribution in [0.15, 0.2) is 78.9 Å². The van der Waals surface area contributed by atoms with Crippen molar-refractivity contribution in [3.63, 3.8) is 0 Å². The van der Waals surface area contributed by atoms with E-state index in [0.29, 0.717) is 37.6 Å². The second-order valence-electron chi connectivity index (χ2n) is 8.03. The molecule has 2 N–H and O–H groups in total. The molecule has 1 saturated heterocycles. The summed E-state index contributed by atoms with van der Waals surface area (Å²) in [6.07, 6.45) is -4.39. The summed E-state index contributed by atoms with van der Waals surface area (Å²) in [5, 5.41) is 2.87. The van der Waals surface area contributed by atoms with E-state index < -0.39 is 17.8 Å². The maximum absolute atomic E-state index is 13.2. The van der Waals surface area contributed by atoms with E-state index in [1.807, 2.05) is 35.2 Å².